The minimum absolute atomic E-state index is 0.0999. The smallest absolute Gasteiger partial charge is 0.250 e. The summed E-state index contributed by atoms with van der Waals surface area (Å²) in [7, 11) is 3.90. The number of nitrogens with two attached hydrogens (primary N) is 1. The first-order chi connectivity index (χ1) is 8.06. The van der Waals surface area contributed by atoms with E-state index in [4.69, 9.17) is 5.73 Å². The van der Waals surface area contributed by atoms with Crippen molar-refractivity contribution in [3.63, 3.8) is 0 Å². The second kappa shape index (κ2) is 3.18. The lowest BCUT2D eigenvalue weighted by molar-refractivity contribution is -0.121. The van der Waals surface area contributed by atoms with Crippen LogP contribution in [0.4, 0.5) is 17.2 Å². The molecule has 0 saturated heterocycles. The highest BCUT2D eigenvalue weighted by Crippen LogP contribution is 2.46. The number of amides is 1. The summed E-state index contributed by atoms with van der Waals surface area (Å²) >= 11 is 0. The number of hydrogen-bond acceptors (Lipinski definition) is 3. The summed E-state index contributed by atoms with van der Waals surface area (Å²) in [6.07, 6.45) is 6.10. The molecule has 2 aliphatic rings. The molecule has 92 valence electrons. The summed E-state index contributed by atoms with van der Waals surface area (Å²) in [5, 5.41) is 2.99. The molecule has 1 aromatic rings. The first kappa shape index (κ1) is 10.5. The van der Waals surface area contributed by atoms with Gasteiger partial charge in [-0.15, -0.1) is 0 Å². The number of nitrogens with one attached hydrogen (secondary N) is 1. The number of carbonyl (C=O) groups excluding carboxylic acids is 1. The van der Waals surface area contributed by atoms with Crippen molar-refractivity contribution in [3.8, 4) is 0 Å². The molecule has 0 unspecified atom stereocenters. The van der Waals surface area contributed by atoms with Crippen LogP contribution in [0, 0.1) is 0 Å². The molecule has 3 rings (SSSR count). The Bertz CT molecular complexity index is 485. The van der Waals surface area contributed by atoms with Gasteiger partial charge in [-0.1, -0.05) is 12.8 Å². The van der Waals surface area contributed by atoms with E-state index in [9.17, 15) is 4.79 Å². The van der Waals surface area contributed by atoms with Gasteiger partial charge in [0, 0.05) is 20.3 Å². The number of nitrogens with zero attached hydrogens (tertiary/aromatic N) is 2. The fraction of sp³-hybridized carbons (Fsp3) is 0.583. The SMILES string of the molecule is CN1c2cn(C)c(N)c2NC(=O)C12CCCC2. The largest absolute Gasteiger partial charge is 0.383 e. The van der Waals surface area contributed by atoms with Crippen LogP contribution in [-0.4, -0.2) is 23.1 Å². The van der Waals surface area contributed by atoms with Crippen molar-refractivity contribution < 1.29 is 4.79 Å². The van der Waals surface area contributed by atoms with Gasteiger partial charge in [-0.3, -0.25) is 4.79 Å². The van der Waals surface area contributed by atoms with Crippen LogP contribution in [0.3, 0.4) is 0 Å². The lowest BCUT2D eigenvalue weighted by Crippen LogP contribution is -2.56. The van der Waals surface area contributed by atoms with Gasteiger partial charge in [0.1, 0.15) is 17.0 Å². The van der Waals surface area contributed by atoms with Gasteiger partial charge >= 0.3 is 0 Å². The molecule has 1 aliphatic carbocycles. The topological polar surface area (TPSA) is 63.3 Å². The number of likely N-dealkylation sites (N-methyl/N-ethyl adjacent to an activating group) is 1. The van der Waals surface area contributed by atoms with Crippen LogP contribution in [0.2, 0.25) is 0 Å². The molecule has 1 aliphatic heterocycles. The lowest BCUT2D eigenvalue weighted by Gasteiger charge is -2.42. The Balaban J connectivity index is 2.13. The van der Waals surface area contributed by atoms with E-state index in [-0.39, 0.29) is 11.4 Å². The van der Waals surface area contributed by atoms with Gasteiger partial charge in [0.2, 0.25) is 5.91 Å². The third kappa shape index (κ3) is 1.16. The van der Waals surface area contributed by atoms with E-state index in [0.717, 1.165) is 37.1 Å². The summed E-state index contributed by atoms with van der Waals surface area (Å²) in [5.74, 6) is 0.718. The molecule has 3 N–H and O–H groups in total. The number of aryl methyl sites for hydroxylation is 1. The maximum Gasteiger partial charge on any atom is 0.250 e. The molecular weight excluding hydrogens is 216 g/mol. The number of aromatic nitrogens is 1. The standard InChI is InChI=1S/C12H18N4O/c1-15-7-8-9(10(15)13)14-11(17)12(16(8)2)5-3-4-6-12/h7H,3-6,13H2,1-2H3,(H,14,17). The highest BCUT2D eigenvalue weighted by Gasteiger charge is 2.49. The zero-order valence-corrected chi connectivity index (χ0v) is 10.3. The van der Waals surface area contributed by atoms with Gasteiger partial charge in [0.25, 0.3) is 0 Å². The average Bonchev–Trinajstić information content (AvgIpc) is 2.88. The lowest BCUT2D eigenvalue weighted by atomic mass is 9.91. The highest BCUT2D eigenvalue weighted by atomic mass is 16.2. The van der Waals surface area contributed by atoms with Crippen LogP contribution in [0.5, 0.6) is 0 Å². The van der Waals surface area contributed by atoms with Crippen LogP contribution in [0.25, 0.3) is 0 Å². The molecular formula is C12H18N4O. The number of fused-ring (bicyclic) bond motifs is 1. The predicted molar refractivity (Wildman–Crippen MR) is 68.1 cm³/mol. The molecule has 2 heterocycles. The number of nitrogen functional groups attached to an aromatic ring is 1. The molecule has 1 aromatic heterocycles. The molecule has 0 radical (unpaired) electrons. The van der Waals surface area contributed by atoms with Gasteiger partial charge in [-0.05, 0) is 12.8 Å². The Morgan fingerprint density at radius 3 is 2.65 bits per heavy atom. The number of carbonyl (C=O) groups is 1. The van der Waals surface area contributed by atoms with E-state index in [1.165, 1.54) is 0 Å². The molecule has 0 aromatic carbocycles. The van der Waals surface area contributed by atoms with Crippen molar-refractivity contribution in [2.45, 2.75) is 31.2 Å². The summed E-state index contributed by atoms with van der Waals surface area (Å²) < 4.78 is 1.86. The van der Waals surface area contributed by atoms with E-state index in [1.807, 2.05) is 24.9 Å². The van der Waals surface area contributed by atoms with Crippen molar-refractivity contribution in [1.82, 2.24) is 4.57 Å². The third-order valence-electron chi connectivity index (χ3n) is 4.30. The molecule has 5 heteroatoms. The van der Waals surface area contributed by atoms with E-state index >= 15 is 0 Å². The van der Waals surface area contributed by atoms with E-state index in [1.54, 1.807) is 0 Å². The third-order valence-corrected chi connectivity index (χ3v) is 4.30. The van der Waals surface area contributed by atoms with E-state index in [2.05, 4.69) is 10.2 Å². The van der Waals surface area contributed by atoms with Crippen LogP contribution in [-0.2, 0) is 11.8 Å². The summed E-state index contributed by atoms with van der Waals surface area (Å²) in [4.78, 5) is 14.5. The van der Waals surface area contributed by atoms with Crippen molar-refractivity contribution >= 4 is 23.1 Å². The fourth-order valence-electron chi connectivity index (χ4n) is 3.14. The second-order valence-corrected chi connectivity index (χ2v) is 5.14. The maximum absolute atomic E-state index is 12.3. The van der Waals surface area contributed by atoms with Crippen molar-refractivity contribution in [1.29, 1.82) is 0 Å². The van der Waals surface area contributed by atoms with Crippen LogP contribution < -0.4 is 16.0 Å². The van der Waals surface area contributed by atoms with Crippen molar-refractivity contribution in [2.75, 3.05) is 23.0 Å². The molecule has 1 fully saturated rings. The van der Waals surface area contributed by atoms with Gasteiger partial charge in [-0.2, -0.15) is 0 Å². The molecule has 1 amide bonds. The number of rotatable bonds is 0. The normalized spacial score (nSPS) is 21.8. The Labute approximate surface area is 101 Å². The molecule has 5 nitrogen and oxygen atoms in total. The Morgan fingerprint density at radius 1 is 1.35 bits per heavy atom. The summed E-state index contributed by atoms with van der Waals surface area (Å²) in [6.45, 7) is 0. The summed E-state index contributed by atoms with van der Waals surface area (Å²) in [6, 6.07) is 0. The average molecular weight is 234 g/mol. The fourth-order valence-corrected chi connectivity index (χ4v) is 3.14. The molecule has 17 heavy (non-hydrogen) atoms. The zero-order valence-electron chi connectivity index (χ0n) is 10.3. The number of anilines is 3. The van der Waals surface area contributed by atoms with E-state index < -0.39 is 0 Å². The highest BCUT2D eigenvalue weighted by molar-refractivity contribution is 6.09. The Kier molecular flexibility index (Phi) is 1.97. The van der Waals surface area contributed by atoms with Crippen molar-refractivity contribution in [3.05, 3.63) is 6.20 Å². The monoisotopic (exact) mass is 234 g/mol. The molecule has 0 atom stereocenters. The Morgan fingerprint density at radius 2 is 2.00 bits per heavy atom. The molecule has 1 saturated carbocycles. The summed E-state index contributed by atoms with van der Waals surface area (Å²) in [5.41, 5.74) is 7.41. The van der Waals surface area contributed by atoms with Crippen molar-refractivity contribution in [2.24, 2.45) is 7.05 Å². The molecule has 1 spiro atoms. The van der Waals surface area contributed by atoms with E-state index in [0.29, 0.717) is 5.82 Å². The first-order valence-electron chi connectivity index (χ1n) is 6.06. The maximum atomic E-state index is 12.3. The molecule has 0 bridgehead atoms. The second-order valence-electron chi connectivity index (χ2n) is 5.14. The Hall–Kier alpha value is -1.65. The first-order valence-corrected chi connectivity index (χ1v) is 6.06. The quantitative estimate of drug-likeness (QED) is 0.711. The van der Waals surface area contributed by atoms with Gasteiger partial charge in [-0.25, -0.2) is 0 Å². The minimum Gasteiger partial charge on any atom is -0.383 e. The van der Waals surface area contributed by atoms with Gasteiger partial charge < -0.3 is 20.5 Å². The van der Waals surface area contributed by atoms with Crippen LogP contribution >= 0.6 is 0 Å². The predicted octanol–water partition coefficient (Wildman–Crippen LogP) is 1.31. The minimum atomic E-state index is -0.346. The zero-order chi connectivity index (χ0) is 12.2. The number of hydrogen-bond donors (Lipinski definition) is 2. The van der Waals surface area contributed by atoms with Gasteiger partial charge in [0.05, 0.1) is 5.69 Å². The van der Waals surface area contributed by atoms with Gasteiger partial charge in [0.15, 0.2) is 0 Å². The van der Waals surface area contributed by atoms with Crippen LogP contribution in [0.1, 0.15) is 25.7 Å². The van der Waals surface area contributed by atoms with Crippen LogP contribution in [0.15, 0.2) is 6.20 Å².